The fourth-order valence-corrected chi connectivity index (χ4v) is 3.40. The van der Waals surface area contributed by atoms with Crippen LogP contribution in [0.15, 0.2) is 60.7 Å². The van der Waals surface area contributed by atoms with Crippen molar-refractivity contribution < 1.29 is 9.84 Å². The van der Waals surface area contributed by atoms with E-state index in [1.807, 2.05) is 67.7 Å². The molecule has 0 aliphatic carbocycles. The largest absolute Gasteiger partial charge is 0.363 e. The number of hydrogen-bond acceptors (Lipinski definition) is 3. The Morgan fingerprint density at radius 1 is 1.00 bits per heavy atom. The standard InChI is InChI=1S/C17H18N2O2S/c1-19-15(22)18-16(20,13-9-5-3-6-10-13)17(19,21-2)14-11-7-4-8-12-14/h3-12,20H,1-2H3,(H,18,22). The Balaban J connectivity index is 2.26. The normalized spacial score (nSPS) is 27.8. The summed E-state index contributed by atoms with van der Waals surface area (Å²) in [6.45, 7) is 0. The molecule has 5 heteroatoms. The van der Waals surface area contributed by atoms with E-state index in [9.17, 15) is 5.11 Å². The van der Waals surface area contributed by atoms with Crippen LogP contribution in [0, 0.1) is 0 Å². The van der Waals surface area contributed by atoms with Gasteiger partial charge in [0, 0.05) is 25.3 Å². The summed E-state index contributed by atoms with van der Waals surface area (Å²) < 4.78 is 5.86. The van der Waals surface area contributed by atoms with Crippen molar-refractivity contribution in [1.82, 2.24) is 10.2 Å². The highest BCUT2D eigenvalue weighted by molar-refractivity contribution is 7.80. The quantitative estimate of drug-likeness (QED) is 0.850. The van der Waals surface area contributed by atoms with Crippen LogP contribution in [0.5, 0.6) is 0 Å². The van der Waals surface area contributed by atoms with Gasteiger partial charge in [-0.25, -0.2) is 0 Å². The van der Waals surface area contributed by atoms with Crippen LogP contribution in [0.4, 0.5) is 0 Å². The number of likely N-dealkylation sites (N-methyl/N-ethyl adjacent to an activating group) is 1. The van der Waals surface area contributed by atoms with Gasteiger partial charge in [-0.2, -0.15) is 0 Å². The van der Waals surface area contributed by atoms with Crippen molar-refractivity contribution in [2.45, 2.75) is 11.4 Å². The molecular formula is C17H18N2O2S. The fourth-order valence-electron chi connectivity index (χ4n) is 3.13. The lowest BCUT2D eigenvalue weighted by Crippen LogP contribution is -2.56. The van der Waals surface area contributed by atoms with Crippen LogP contribution >= 0.6 is 12.2 Å². The number of methoxy groups -OCH3 is 1. The smallest absolute Gasteiger partial charge is 0.222 e. The Bertz CT molecular complexity index is 680. The first-order chi connectivity index (χ1) is 10.6. The first-order valence-corrected chi connectivity index (χ1v) is 7.41. The number of ether oxygens (including phenoxy) is 1. The first-order valence-electron chi connectivity index (χ1n) is 7.01. The van der Waals surface area contributed by atoms with Crippen molar-refractivity contribution >= 4 is 17.3 Å². The second-order valence-corrected chi connectivity index (χ2v) is 5.67. The number of thiocarbonyl (C=S) groups is 1. The first kappa shape index (κ1) is 15.0. The van der Waals surface area contributed by atoms with Crippen LogP contribution in [0.3, 0.4) is 0 Å². The predicted molar refractivity (Wildman–Crippen MR) is 89.0 cm³/mol. The molecule has 2 unspecified atom stereocenters. The molecule has 2 N–H and O–H groups in total. The van der Waals surface area contributed by atoms with Crippen molar-refractivity contribution in [3.05, 3.63) is 71.8 Å². The SMILES string of the molecule is COC1(c2ccccc2)N(C)C(=S)NC1(O)c1ccccc1. The van der Waals surface area contributed by atoms with E-state index in [0.29, 0.717) is 10.7 Å². The summed E-state index contributed by atoms with van der Waals surface area (Å²) in [6.07, 6.45) is 0. The Morgan fingerprint density at radius 2 is 1.50 bits per heavy atom. The van der Waals surface area contributed by atoms with Gasteiger partial charge in [0.1, 0.15) is 0 Å². The number of nitrogens with one attached hydrogen (secondary N) is 1. The molecule has 1 aliphatic rings. The number of rotatable bonds is 3. The van der Waals surface area contributed by atoms with Crippen LogP contribution in [-0.2, 0) is 16.2 Å². The second kappa shape index (κ2) is 5.35. The van der Waals surface area contributed by atoms with Gasteiger partial charge in [-0.1, -0.05) is 60.7 Å². The zero-order valence-corrected chi connectivity index (χ0v) is 13.3. The minimum absolute atomic E-state index is 0.428. The third kappa shape index (κ3) is 1.86. The Morgan fingerprint density at radius 3 is 2.00 bits per heavy atom. The molecule has 1 fully saturated rings. The van der Waals surface area contributed by atoms with Gasteiger partial charge in [0.25, 0.3) is 0 Å². The summed E-state index contributed by atoms with van der Waals surface area (Å²) in [6, 6.07) is 19.0. The van der Waals surface area contributed by atoms with Gasteiger partial charge >= 0.3 is 0 Å². The Hall–Kier alpha value is -1.95. The highest BCUT2D eigenvalue weighted by Gasteiger charge is 2.62. The molecule has 0 saturated carbocycles. The molecule has 2 atom stereocenters. The van der Waals surface area contributed by atoms with Gasteiger partial charge in [0.05, 0.1) is 0 Å². The monoisotopic (exact) mass is 314 g/mol. The topological polar surface area (TPSA) is 44.7 Å². The predicted octanol–water partition coefficient (Wildman–Crippen LogP) is 2.15. The molecule has 1 saturated heterocycles. The van der Waals surface area contributed by atoms with E-state index >= 15 is 0 Å². The molecule has 0 radical (unpaired) electrons. The van der Waals surface area contributed by atoms with Crippen molar-refractivity contribution in [2.24, 2.45) is 0 Å². The van der Waals surface area contributed by atoms with Crippen molar-refractivity contribution in [1.29, 1.82) is 0 Å². The van der Waals surface area contributed by atoms with Gasteiger partial charge in [-0.15, -0.1) is 0 Å². The summed E-state index contributed by atoms with van der Waals surface area (Å²) in [5.74, 6) is 0. The second-order valence-electron chi connectivity index (χ2n) is 5.28. The third-order valence-electron chi connectivity index (χ3n) is 4.21. The number of aliphatic hydroxyl groups is 1. The van der Waals surface area contributed by atoms with E-state index in [0.717, 1.165) is 5.56 Å². The molecule has 22 heavy (non-hydrogen) atoms. The average molecular weight is 314 g/mol. The minimum Gasteiger partial charge on any atom is -0.363 e. The van der Waals surface area contributed by atoms with Crippen molar-refractivity contribution in [3.63, 3.8) is 0 Å². The van der Waals surface area contributed by atoms with Crippen LogP contribution in [0.2, 0.25) is 0 Å². The summed E-state index contributed by atoms with van der Waals surface area (Å²) in [7, 11) is 3.39. The van der Waals surface area contributed by atoms with E-state index in [-0.39, 0.29) is 0 Å². The van der Waals surface area contributed by atoms with Crippen LogP contribution in [-0.4, -0.2) is 29.3 Å². The minimum atomic E-state index is -1.49. The van der Waals surface area contributed by atoms with Gasteiger partial charge < -0.3 is 20.1 Å². The van der Waals surface area contributed by atoms with Crippen molar-refractivity contribution in [2.75, 3.05) is 14.2 Å². The molecule has 0 spiro atoms. The maximum Gasteiger partial charge on any atom is 0.222 e. The maximum absolute atomic E-state index is 11.5. The lowest BCUT2D eigenvalue weighted by Gasteiger charge is -2.43. The summed E-state index contributed by atoms with van der Waals surface area (Å²) in [5, 5.41) is 15.0. The Labute approximate surface area is 135 Å². The van der Waals surface area contributed by atoms with E-state index in [1.165, 1.54) is 0 Å². The molecule has 0 amide bonds. The van der Waals surface area contributed by atoms with E-state index in [1.54, 1.807) is 12.0 Å². The Kier molecular flexibility index (Phi) is 3.64. The maximum atomic E-state index is 11.5. The summed E-state index contributed by atoms with van der Waals surface area (Å²) >= 11 is 5.38. The lowest BCUT2D eigenvalue weighted by molar-refractivity contribution is -0.224. The molecule has 1 heterocycles. The fraction of sp³-hybridized carbons (Fsp3) is 0.235. The molecular weight excluding hydrogens is 296 g/mol. The van der Waals surface area contributed by atoms with Gasteiger partial charge in [0.2, 0.25) is 11.4 Å². The molecule has 0 aromatic heterocycles. The van der Waals surface area contributed by atoms with Crippen LogP contribution < -0.4 is 5.32 Å². The average Bonchev–Trinajstić information content (AvgIpc) is 2.77. The number of hydrogen-bond donors (Lipinski definition) is 2. The molecule has 0 bridgehead atoms. The molecule has 2 aromatic rings. The van der Waals surface area contributed by atoms with Gasteiger partial charge in [0.15, 0.2) is 5.11 Å². The molecule has 2 aromatic carbocycles. The number of benzene rings is 2. The zero-order chi connectivity index (χ0) is 15.8. The van der Waals surface area contributed by atoms with Crippen molar-refractivity contribution in [3.8, 4) is 0 Å². The zero-order valence-electron chi connectivity index (χ0n) is 12.5. The molecule has 1 aliphatic heterocycles. The summed E-state index contributed by atoms with van der Waals surface area (Å²) in [5.41, 5.74) is -1.13. The highest BCUT2D eigenvalue weighted by Crippen LogP contribution is 2.47. The van der Waals surface area contributed by atoms with E-state index in [4.69, 9.17) is 17.0 Å². The lowest BCUT2D eigenvalue weighted by atomic mass is 9.86. The van der Waals surface area contributed by atoms with Gasteiger partial charge in [-0.05, 0) is 12.2 Å². The van der Waals surface area contributed by atoms with Crippen LogP contribution in [0.1, 0.15) is 11.1 Å². The number of nitrogens with zero attached hydrogens (tertiary/aromatic N) is 1. The molecule has 114 valence electrons. The molecule has 3 rings (SSSR count). The third-order valence-corrected chi connectivity index (χ3v) is 4.58. The van der Waals surface area contributed by atoms with E-state index in [2.05, 4.69) is 5.32 Å². The summed E-state index contributed by atoms with van der Waals surface area (Å²) in [4.78, 5) is 1.75. The van der Waals surface area contributed by atoms with Crippen LogP contribution in [0.25, 0.3) is 0 Å². The van der Waals surface area contributed by atoms with Gasteiger partial charge in [-0.3, -0.25) is 0 Å². The highest BCUT2D eigenvalue weighted by atomic mass is 32.1. The van der Waals surface area contributed by atoms with E-state index < -0.39 is 11.4 Å². The molecule has 4 nitrogen and oxygen atoms in total.